The van der Waals surface area contributed by atoms with E-state index in [9.17, 15) is 9.59 Å². The summed E-state index contributed by atoms with van der Waals surface area (Å²) in [5.74, 6) is -1.43. The van der Waals surface area contributed by atoms with Crippen molar-refractivity contribution in [3.63, 3.8) is 0 Å². The van der Waals surface area contributed by atoms with Crippen LogP contribution in [0, 0.1) is 0 Å². The summed E-state index contributed by atoms with van der Waals surface area (Å²) in [5.41, 5.74) is 1.96. The second kappa shape index (κ2) is 7.33. The Morgan fingerprint density at radius 1 is 1.30 bits per heavy atom. The first-order valence-electron chi connectivity index (χ1n) is 6.42. The predicted molar refractivity (Wildman–Crippen MR) is 79.7 cm³/mol. The Bertz CT molecular complexity index is 492. The Hall–Kier alpha value is -2.30. The quantitative estimate of drug-likeness (QED) is 0.777. The van der Waals surface area contributed by atoms with Crippen LogP contribution < -0.4 is 10.2 Å². The molecule has 0 aliphatic carbocycles. The topological polar surface area (TPSA) is 69.6 Å². The zero-order chi connectivity index (χ0) is 15.1. The van der Waals surface area contributed by atoms with Gasteiger partial charge in [-0.3, -0.25) is 4.79 Å². The van der Waals surface area contributed by atoms with Crippen LogP contribution in [0.15, 0.2) is 30.3 Å². The Labute approximate surface area is 118 Å². The van der Waals surface area contributed by atoms with Crippen LogP contribution in [0.5, 0.6) is 0 Å². The first-order valence-corrected chi connectivity index (χ1v) is 6.42. The number of aliphatic carboxylic acids is 1. The molecule has 0 saturated heterocycles. The third-order valence-corrected chi connectivity index (χ3v) is 2.86. The zero-order valence-electron chi connectivity index (χ0n) is 12.0. The summed E-state index contributed by atoms with van der Waals surface area (Å²) in [6, 6.07) is 6.84. The van der Waals surface area contributed by atoms with E-state index in [1.54, 1.807) is 13.0 Å². The smallest absolute Gasteiger partial charge is 0.326 e. The average molecular weight is 276 g/mol. The van der Waals surface area contributed by atoms with Crippen molar-refractivity contribution in [2.24, 2.45) is 0 Å². The van der Waals surface area contributed by atoms with E-state index in [1.807, 2.05) is 43.3 Å². The van der Waals surface area contributed by atoms with Crippen molar-refractivity contribution in [3.05, 3.63) is 35.9 Å². The Morgan fingerprint density at radius 3 is 2.35 bits per heavy atom. The molecule has 1 aromatic carbocycles. The lowest BCUT2D eigenvalue weighted by Crippen LogP contribution is -2.39. The fourth-order valence-electron chi connectivity index (χ4n) is 1.61. The molecule has 0 saturated carbocycles. The summed E-state index contributed by atoms with van der Waals surface area (Å²) in [6.45, 7) is 1.71. The molecular weight excluding hydrogens is 256 g/mol. The lowest BCUT2D eigenvalue weighted by molar-refractivity contribution is -0.141. The minimum atomic E-state index is -1.02. The molecule has 0 heterocycles. The highest BCUT2D eigenvalue weighted by Gasteiger charge is 2.15. The van der Waals surface area contributed by atoms with Crippen LogP contribution in [0.2, 0.25) is 0 Å². The van der Waals surface area contributed by atoms with Gasteiger partial charge in [0.25, 0.3) is 0 Å². The van der Waals surface area contributed by atoms with Crippen molar-refractivity contribution >= 4 is 23.6 Å². The molecular formula is C15H20N2O3. The molecule has 0 aliphatic heterocycles. The van der Waals surface area contributed by atoms with Crippen LogP contribution in [0.4, 0.5) is 5.69 Å². The third kappa shape index (κ3) is 4.76. The fourth-order valence-corrected chi connectivity index (χ4v) is 1.61. The number of rotatable bonds is 6. The normalized spacial score (nSPS) is 12.2. The number of hydrogen-bond donors (Lipinski definition) is 2. The first kappa shape index (κ1) is 15.8. The van der Waals surface area contributed by atoms with E-state index in [2.05, 4.69) is 5.32 Å². The minimum Gasteiger partial charge on any atom is -0.480 e. The summed E-state index contributed by atoms with van der Waals surface area (Å²) in [6.07, 6.45) is 3.35. The number of carboxylic acid groups (broad SMARTS) is 1. The van der Waals surface area contributed by atoms with E-state index in [0.29, 0.717) is 6.42 Å². The lowest BCUT2D eigenvalue weighted by atomic mass is 10.2. The van der Waals surface area contributed by atoms with Gasteiger partial charge in [0, 0.05) is 25.9 Å². The maximum absolute atomic E-state index is 11.6. The number of carbonyl (C=O) groups is 2. The van der Waals surface area contributed by atoms with Crippen molar-refractivity contribution in [1.29, 1.82) is 0 Å². The number of nitrogens with zero attached hydrogens (tertiary/aromatic N) is 1. The molecule has 0 bridgehead atoms. The van der Waals surface area contributed by atoms with Crippen molar-refractivity contribution in [3.8, 4) is 0 Å². The zero-order valence-corrected chi connectivity index (χ0v) is 12.0. The van der Waals surface area contributed by atoms with Crippen LogP contribution in [-0.2, 0) is 9.59 Å². The van der Waals surface area contributed by atoms with Crippen LogP contribution in [-0.4, -0.2) is 37.1 Å². The van der Waals surface area contributed by atoms with Gasteiger partial charge in [-0.15, -0.1) is 0 Å². The molecule has 0 fully saturated rings. The summed E-state index contributed by atoms with van der Waals surface area (Å²) < 4.78 is 0. The van der Waals surface area contributed by atoms with E-state index in [4.69, 9.17) is 5.11 Å². The van der Waals surface area contributed by atoms with Crippen LogP contribution in [0.3, 0.4) is 0 Å². The molecule has 0 radical (unpaired) electrons. The molecule has 0 aliphatic rings. The summed E-state index contributed by atoms with van der Waals surface area (Å²) >= 11 is 0. The van der Waals surface area contributed by atoms with Gasteiger partial charge in [-0.25, -0.2) is 4.79 Å². The van der Waals surface area contributed by atoms with Gasteiger partial charge in [-0.2, -0.15) is 0 Å². The van der Waals surface area contributed by atoms with Crippen molar-refractivity contribution < 1.29 is 14.7 Å². The molecule has 1 amide bonds. The van der Waals surface area contributed by atoms with E-state index >= 15 is 0 Å². The lowest BCUT2D eigenvalue weighted by Gasteiger charge is -2.12. The standard InChI is InChI=1S/C15H20N2O3/c1-4-13(15(19)20)16-14(18)10-7-11-5-8-12(9-6-11)17(2)3/h5-10,13H,4H2,1-3H3,(H,16,18)(H,19,20)/b10-7+/t13-/m0/s1. The second-order valence-corrected chi connectivity index (χ2v) is 4.63. The predicted octanol–water partition coefficient (Wildman–Crippen LogP) is 1.75. The Kier molecular flexibility index (Phi) is 5.77. The molecule has 0 spiro atoms. The summed E-state index contributed by atoms with van der Waals surface area (Å²) in [7, 11) is 3.91. The number of nitrogens with one attached hydrogen (secondary N) is 1. The maximum Gasteiger partial charge on any atom is 0.326 e. The molecule has 108 valence electrons. The van der Waals surface area contributed by atoms with Crippen molar-refractivity contribution in [1.82, 2.24) is 5.32 Å². The molecule has 1 atom stereocenters. The number of benzene rings is 1. The Balaban J connectivity index is 2.63. The number of carboxylic acids is 1. The molecule has 20 heavy (non-hydrogen) atoms. The third-order valence-electron chi connectivity index (χ3n) is 2.86. The van der Waals surface area contributed by atoms with Gasteiger partial charge < -0.3 is 15.3 Å². The maximum atomic E-state index is 11.6. The summed E-state index contributed by atoms with van der Waals surface area (Å²) in [4.78, 5) is 24.4. The highest BCUT2D eigenvalue weighted by Crippen LogP contribution is 2.13. The molecule has 0 aromatic heterocycles. The Morgan fingerprint density at radius 2 is 1.90 bits per heavy atom. The van der Waals surface area contributed by atoms with Gasteiger partial charge in [-0.05, 0) is 30.2 Å². The SMILES string of the molecule is CC[C@H](NC(=O)/C=C/c1ccc(N(C)C)cc1)C(=O)O. The highest BCUT2D eigenvalue weighted by atomic mass is 16.4. The molecule has 5 nitrogen and oxygen atoms in total. The van der Waals surface area contributed by atoms with Gasteiger partial charge in [0.1, 0.15) is 6.04 Å². The molecule has 5 heteroatoms. The molecule has 2 N–H and O–H groups in total. The van der Waals surface area contributed by atoms with Crippen LogP contribution >= 0.6 is 0 Å². The number of carbonyl (C=O) groups excluding carboxylic acids is 1. The number of hydrogen-bond acceptors (Lipinski definition) is 3. The fraction of sp³-hybridized carbons (Fsp3) is 0.333. The van der Waals surface area contributed by atoms with Gasteiger partial charge in [0.05, 0.1) is 0 Å². The van der Waals surface area contributed by atoms with Crippen LogP contribution in [0.1, 0.15) is 18.9 Å². The minimum absolute atomic E-state index is 0.354. The van der Waals surface area contributed by atoms with E-state index in [1.165, 1.54) is 6.08 Å². The monoisotopic (exact) mass is 276 g/mol. The van der Waals surface area contributed by atoms with Gasteiger partial charge in [-0.1, -0.05) is 19.1 Å². The van der Waals surface area contributed by atoms with Crippen molar-refractivity contribution in [2.75, 3.05) is 19.0 Å². The largest absolute Gasteiger partial charge is 0.480 e. The molecule has 1 rings (SSSR count). The van der Waals surface area contributed by atoms with E-state index < -0.39 is 17.9 Å². The molecule has 1 aromatic rings. The van der Waals surface area contributed by atoms with Crippen LogP contribution in [0.25, 0.3) is 6.08 Å². The van der Waals surface area contributed by atoms with Crippen molar-refractivity contribution in [2.45, 2.75) is 19.4 Å². The first-order chi connectivity index (χ1) is 9.43. The van der Waals surface area contributed by atoms with Gasteiger partial charge in [0.15, 0.2) is 0 Å². The van der Waals surface area contributed by atoms with E-state index in [-0.39, 0.29) is 0 Å². The number of anilines is 1. The molecule has 0 unspecified atom stereocenters. The van der Waals surface area contributed by atoms with Gasteiger partial charge in [0.2, 0.25) is 5.91 Å². The second-order valence-electron chi connectivity index (χ2n) is 4.63. The van der Waals surface area contributed by atoms with Gasteiger partial charge >= 0.3 is 5.97 Å². The van der Waals surface area contributed by atoms with E-state index in [0.717, 1.165) is 11.3 Å². The summed E-state index contributed by atoms with van der Waals surface area (Å²) in [5, 5.41) is 11.3. The number of amides is 1. The highest BCUT2D eigenvalue weighted by molar-refractivity contribution is 5.94. The average Bonchev–Trinajstić information content (AvgIpc) is 2.42.